The van der Waals surface area contributed by atoms with E-state index in [4.69, 9.17) is 4.74 Å². The summed E-state index contributed by atoms with van der Waals surface area (Å²) in [5.41, 5.74) is 3.66. The smallest absolute Gasteiger partial charge is 0.268 e. The van der Waals surface area contributed by atoms with Gasteiger partial charge in [0, 0.05) is 42.6 Å². The highest BCUT2D eigenvalue weighted by Gasteiger charge is 2.15. The van der Waals surface area contributed by atoms with E-state index in [2.05, 4.69) is 26.3 Å². The van der Waals surface area contributed by atoms with E-state index < -0.39 is 0 Å². The first kappa shape index (κ1) is 16.8. The number of hydrogen-bond acceptors (Lipinski definition) is 3. The van der Waals surface area contributed by atoms with Crippen LogP contribution < -0.4 is 5.32 Å². The quantitative estimate of drug-likeness (QED) is 0.849. The predicted molar refractivity (Wildman–Crippen MR) is 87.9 cm³/mol. The number of carbonyl (C=O) groups excluding carboxylic acids is 1. The van der Waals surface area contributed by atoms with Crippen LogP contribution in [0.15, 0.2) is 16.7 Å². The molecule has 0 saturated heterocycles. The Labute approximate surface area is 138 Å². The van der Waals surface area contributed by atoms with E-state index >= 15 is 0 Å². The van der Waals surface area contributed by atoms with Crippen LogP contribution in [0.3, 0.4) is 0 Å². The molecule has 0 aliphatic carbocycles. The second kappa shape index (κ2) is 7.11. The van der Waals surface area contributed by atoms with Crippen LogP contribution >= 0.6 is 15.9 Å². The Morgan fingerprint density at radius 3 is 2.77 bits per heavy atom. The third kappa shape index (κ3) is 3.59. The number of nitrogens with one attached hydrogen (secondary N) is 1. The van der Waals surface area contributed by atoms with Crippen molar-refractivity contribution in [1.82, 2.24) is 19.7 Å². The predicted octanol–water partition coefficient (Wildman–Crippen LogP) is 2.18. The van der Waals surface area contributed by atoms with Gasteiger partial charge in [0.1, 0.15) is 5.69 Å². The molecule has 1 N–H and O–H groups in total. The molecule has 2 heterocycles. The van der Waals surface area contributed by atoms with Crippen molar-refractivity contribution in [1.29, 1.82) is 0 Å². The largest absolute Gasteiger partial charge is 0.383 e. The maximum atomic E-state index is 12.3. The van der Waals surface area contributed by atoms with Crippen LogP contribution in [-0.4, -0.2) is 34.0 Å². The fraction of sp³-hybridized carbons (Fsp3) is 0.467. The second-order valence-electron chi connectivity index (χ2n) is 5.20. The summed E-state index contributed by atoms with van der Waals surface area (Å²) in [6.45, 7) is 5.76. The lowest BCUT2D eigenvalue weighted by Gasteiger charge is -2.07. The zero-order valence-electron chi connectivity index (χ0n) is 13.3. The van der Waals surface area contributed by atoms with Gasteiger partial charge in [0.25, 0.3) is 5.91 Å². The molecule has 0 unspecified atom stereocenters. The number of hydrogen-bond donors (Lipinski definition) is 1. The Kier molecular flexibility index (Phi) is 5.42. The normalized spacial score (nSPS) is 11.0. The third-order valence-corrected chi connectivity index (χ3v) is 4.10. The molecule has 0 aromatic carbocycles. The van der Waals surface area contributed by atoms with Gasteiger partial charge >= 0.3 is 0 Å². The van der Waals surface area contributed by atoms with Crippen molar-refractivity contribution in [2.75, 3.05) is 13.7 Å². The molecule has 2 rings (SSSR count). The van der Waals surface area contributed by atoms with Crippen LogP contribution in [0.1, 0.15) is 27.4 Å². The molecule has 0 aliphatic heterocycles. The van der Waals surface area contributed by atoms with E-state index in [1.165, 1.54) is 0 Å². The molecule has 0 bridgehead atoms. The average Bonchev–Trinajstić information content (AvgIpc) is 2.94. The summed E-state index contributed by atoms with van der Waals surface area (Å²) in [5, 5.41) is 7.45. The Morgan fingerprint density at radius 1 is 1.45 bits per heavy atom. The van der Waals surface area contributed by atoms with Gasteiger partial charge < -0.3 is 14.6 Å². The van der Waals surface area contributed by atoms with Gasteiger partial charge in [-0.3, -0.25) is 9.48 Å². The second-order valence-corrected chi connectivity index (χ2v) is 6.12. The van der Waals surface area contributed by atoms with E-state index in [0.717, 1.165) is 21.4 Å². The highest BCUT2D eigenvalue weighted by atomic mass is 79.9. The molecular formula is C15H21BrN4O2. The molecule has 7 heteroatoms. The summed E-state index contributed by atoms with van der Waals surface area (Å²) in [6, 6.07) is 1.80. The molecule has 120 valence electrons. The highest BCUT2D eigenvalue weighted by Crippen LogP contribution is 2.15. The molecule has 2 aromatic heterocycles. The molecule has 0 fully saturated rings. The van der Waals surface area contributed by atoms with Crippen LogP contribution in [0.4, 0.5) is 0 Å². The molecule has 22 heavy (non-hydrogen) atoms. The summed E-state index contributed by atoms with van der Waals surface area (Å²) in [4.78, 5) is 12.3. The fourth-order valence-corrected chi connectivity index (χ4v) is 2.92. The third-order valence-electron chi connectivity index (χ3n) is 3.67. The van der Waals surface area contributed by atoms with Crippen molar-refractivity contribution in [3.05, 3.63) is 39.4 Å². The maximum Gasteiger partial charge on any atom is 0.268 e. The number of aryl methyl sites for hydroxylation is 2. The van der Waals surface area contributed by atoms with E-state index in [1.807, 2.05) is 31.8 Å². The molecular weight excluding hydrogens is 348 g/mol. The Bertz CT molecular complexity index is 675. The lowest BCUT2D eigenvalue weighted by molar-refractivity contribution is 0.0942. The van der Waals surface area contributed by atoms with Gasteiger partial charge in [-0.25, -0.2) is 0 Å². The Hall–Kier alpha value is -1.60. The number of carbonyl (C=O) groups is 1. The number of ether oxygens (including phenoxy) is 1. The number of aromatic nitrogens is 3. The summed E-state index contributed by atoms with van der Waals surface area (Å²) < 4.78 is 9.68. The minimum Gasteiger partial charge on any atom is -0.383 e. The number of amides is 1. The summed E-state index contributed by atoms with van der Waals surface area (Å²) >= 11 is 3.37. The Balaban J connectivity index is 2.07. The van der Waals surface area contributed by atoms with Crippen molar-refractivity contribution >= 4 is 21.8 Å². The lowest BCUT2D eigenvalue weighted by Crippen LogP contribution is -2.25. The topological polar surface area (TPSA) is 61.1 Å². The van der Waals surface area contributed by atoms with Crippen molar-refractivity contribution < 1.29 is 9.53 Å². The summed E-state index contributed by atoms with van der Waals surface area (Å²) in [6.07, 6.45) is 1.86. The zero-order valence-corrected chi connectivity index (χ0v) is 14.9. The molecule has 0 aliphatic rings. The van der Waals surface area contributed by atoms with Crippen molar-refractivity contribution in [2.45, 2.75) is 26.9 Å². The highest BCUT2D eigenvalue weighted by molar-refractivity contribution is 9.10. The van der Waals surface area contributed by atoms with Crippen molar-refractivity contribution in [2.24, 2.45) is 7.05 Å². The number of methoxy groups -OCH3 is 1. The fourth-order valence-electron chi connectivity index (χ4n) is 2.39. The van der Waals surface area contributed by atoms with Gasteiger partial charge in [-0.05, 0) is 35.8 Å². The molecule has 6 nitrogen and oxygen atoms in total. The van der Waals surface area contributed by atoms with Crippen LogP contribution in [0.25, 0.3) is 0 Å². The summed E-state index contributed by atoms with van der Waals surface area (Å²) in [7, 11) is 3.52. The molecule has 0 spiro atoms. The van der Waals surface area contributed by atoms with Gasteiger partial charge in [-0.1, -0.05) is 0 Å². The standard InChI is InChI=1S/C15H21BrN4O2/c1-10-13(11(2)20(18-10)5-6-22-4)8-17-15(21)14-7-12(16)9-19(14)3/h7,9H,5-6,8H2,1-4H3,(H,17,21). The SMILES string of the molecule is COCCn1nc(C)c(CNC(=O)c2cc(Br)cn2C)c1C. The van der Waals surface area contributed by atoms with Crippen molar-refractivity contribution in [3.63, 3.8) is 0 Å². The first-order valence-electron chi connectivity index (χ1n) is 7.06. The first-order valence-corrected chi connectivity index (χ1v) is 7.85. The van der Waals surface area contributed by atoms with Gasteiger partial charge in [0.15, 0.2) is 0 Å². The molecule has 0 radical (unpaired) electrons. The van der Waals surface area contributed by atoms with Crippen molar-refractivity contribution in [3.8, 4) is 0 Å². The van der Waals surface area contributed by atoms with Crippen LogP contribution in [-0.2, 0) is 24.9 Å². The van der Waals surface area contributed by atoms with Gasteiger partial charge in [-0.15, -0.1) is 0 Å². The van der Waals surface area contributed by atoms with Crippen LogP contribution in [0.2, 0.25) is 0 Å². The molecule has 0 atom stereocenters. The van der Waals surface area contributed by atoms with Gasteiger partial charge in [0.2, 0.25) is 0 Å². The average molecular weight is 369 g/mol. The maximum absolute atomic E-state index is 12.3. The number of rotatable bonds is 6. The molecule has 0 saturated carbocycles. The minimum absolute atomic E-state index is 0.100. The number of halogens is 1. The van der Waals surface area contributed by atoms with E-state index in [0.29, 0.717) is 25.4 Å². The minimum atomic E-state index is -0.100. The van der Waals surface area contributed by atoms with E-state index in [-0.39, 0.29) is 5.91 Å². The lowest BCUT2D eigenvalue weighted by atomic mass is 10.2. The first-order chi connectivity index (χ1) is 10.4. The molecule has 2 aromatic rings. The number of nitrogens with zero attached hydrogens (tertiary/aromatic N) is 3. The van der Waals surface area contributed by atoms with Crippen LogP contribution in [0, 0.1) is 13.8 Å². The zero-order chi connectivity index (χ0) is 16.3. The van der Waals surface area contributed by atoms with Gasteiger partial charge in [0.05, 0.1) is 18.8 Å². The molecule has 1 amide bonds. The summed E-state index contributed by atoms with van der Waals surface area (Å²) in [5.74, 6) is -0.100. The van der Waals surface area contributed by atoms with E-state index in [1.54, 1.807) is 17.7 Å². The Morgan fingerprint density at radius 2 is 2.18 bits per heavy atom. The monoisotopic (exact) mass is 368 g/mol. The van der Waals surface area contributed by atoms with Gasteiger partial charge in [-0.2, -0.15) is 5.10 Å². The van der Waals surface area contributed by atoms with Crippen LogP contribution in [0.5, 0.6) is 0 Å². The van der Waals surface area contributed by atoms with E-state index in [9.17, 15) is 4.79 Å².